The van der Waals surface area contributed by atoms with Crippen molar-refractivity contribution in [2.75, 3.05) is 14.0 Å². The van der Waals surface area contributed by atoms with Gasteiger partial charge in [-0.2, -0.15) is 8.78 Å². The van der Waals surface area contributed by atoms with Crippen LogP contribution in [0.1, 0.15) is 5.56 Å². The number of hydrogen-bond donors (Lipinski definition) is 0. The summed E-state index contributed by atoms with van der Waals surface area (Å²) in [5.41, 5.74) is 2.32. The fourth-order valence-corrected chi connectivity index (χ4v) is 2.79. The quantitative estimate of drug-likeness (QED) is 0.330. The highest BCUT2D eigenvalue weighted by Crippen LogP contribution is 2.31. The number of ether oxygens (including phenoxy) is 2. The number of alkyl halides is 1. The molecule has 3 aromatic rings. The van der Waals surface area contributed by atoms with E-state index in [1.807, 2.05) is 0 Å². The summed E-state index contributed by atoms with van der Waals surface area (Å²) in [5.74, 6) is -3.87. The Bertz CT molecular complexity index is 1010. The summed E-state index contributed by atoms with van der Waals surface area (Å²) in [6.45, 7) is -1.33. The third-order valence-corrected chi connectivity index (χ3v) is 4.24. The van der Waals surface area contributed by atoms with Gasteiger partial charge in [-0.1, -0.05) is 48.5 Å². The van der Waals surface area contributed by atoms with Crippen molar-refractivity contribution in [2.24, 2.45) is 0 Å². The van der Waals surface area contributed by atoms with Crippen molar-refractivity contribution in [3.05, 3.63) is 83.9 Å². The molecule has 0 amide bonds. The second-order valence-electron chi connectivity index (χ2n) is 5.97. The smallest absolute Gasteiger partial charge is 0.309 e. The van der Waals surface area contributed by atoms with E-state index in [0.29, 0.717) is 5.56 Å². The van der Waals surface area contributed by atoms with E-state index in [-0.39, 0.29) is 11.1 Å². The van der Waals surface area contributed by atoms with E-state index in [4.69, 9.17) is 0 Å². The number of halogens is 5. The van der Waals surface area contributed by atoms with E-state index in [9.17, 15) is 22.0 Å². The molecule has 0 saturated carbocycles. The molecule has 2 nitrogen and oxygen atoms in total. The molecule has 0 N–H and O–H groups in total. The lowest BCUT2D eigenvalue weighted by Gasteiger charge is -2.09. The average Bonchev–Trinajstić information content (AvgIpc) is 2.75. The highest BCUT2D eigenvalue weighted by molar-refractivity contribution is 5.72. The summed E-state index contributed by atoms with van der Waals surface area (Å²) >= 11 is 0. The van der Waals surface area contributed by atoms with Crippen molar-refractivity contribution in [3.8, 4) is 28.0 Å². The molecule has 0 heterocycles. The molecule has 0 radical (unpaired) electrons. The zero-order valence-corrected chi connectivity index (χ0v) is 15.2. The molecule has 0 bridgehead atoms. The summed E-state index contributed by atoms with van der Waals surface area (Å²) in [6, 6.07) is 13.6. The highest BCUT2D eigenvalue weighted by Gasteiger charge is 2.14. The zero-order chi connectivity index (χ0) is 21.0. The van der Waals surface area contributed by atoms with Crippen molar-refractivity contribution < 1.29 is 31.4 Å². The molecule has 3 aromatic carbocycles. The van der Waals surface area contributed by atoms with Crippen LogP contribution in [-0.2, 0) is 4.74 Å². The van der Waals surface area contributed by atoms with Crippen LogP contribution in [0.3, 0.4) is 0 Å². The number of benzene rings is 3. The summed E-state index contributed by atoms with van der Waals surface area (Å²) in [5, 5.41) is 0. The number of hydrogen-bond acceptors (Lipinski definition) is 2. The lowest BCUT2D eigenvalue weighted by molar-refractivity contribution is 0.176. The van der Waals surface area contributed by atoms with Gasteiger partial charge in [0.15, 0.2) is 17.4 Å². The van der Waals surface area contributed by atoms with Gasteiger partial charge in [0.2, 0.25) is 12.7 Å². The molecule has 3 rings (SSSR count). The Balaban J connectivity index is 1.86. The molecule has 0 aliphatic heterocycles. The molecule has 29 heavy (non-hydrogen) atoms. The van der Waals surface area contributed by atoms with E-state index < -0.39 is 36.1 Å². The monoisotopic (exact) mass is 406 g/mol. The van der Waals surface area contributed by atoms with E-state index >= 15 is 0 Å². The normalized spacial score (nSPS) is 11.8. The molecule has 0 spiro atoms. The largest absolute Gasteiger partial charge is 0.472 e. The Morgan fingerprint density at radius 1 is 0.759 bits per heavy atom. The van der Waals surface area contributed by atoms with Gasteiger partial charge < -0.3 is 9.47 Å². The van der Waals surface area contributed by atoms with Gasteiger partial charge in [-0.25, -0.2) is 13.2 Å². The summed E-state index contributed by atoms with van der Waals surface area (Å²) in [4.78, 5) is 0. The topological polar surface area (TPSA) is 18.5 Å². The van der Waals surface area contributed by atoms with Crippen LogP contribution in [0, 0.1) is 11.6 Å². The Hall–Kier alpha value is -3.35. The van der Waals surface area contributed by atoms with E-state index in [1.54, 1.807) is 36.4 Å². The van der Waals surface area contributed by atoms with Crippen molar-refractivity contribution in [3.63, 3.8) is 0 Å². The first-order valence-electron chi connectivity index (χ1n) is 8.43. The maximum atomic E-state index is 13.9. The molecule has 0 aliphatic carbocycles. The van der Waals surface area contributed by atoms with Crippen LogP contribution >= 0.6 is 0 Å². The minimum atomic E-state index is -1.33. The Labute approximate surface area is 163 Å². The maximum absolute atomic E-state index is 13.9. The van der Waals surface area contributed by atoms with Crippen molar-refractivity contribution in [1.29, 1.82) is 0 Å². The molecule has 150 valence electrons. The predicted molar refractivity (Wildman–Crippen MR) is 100.0 cm³/mol. The fraction of sp³-hybridized carbons (Fsp3) is 0.0909. The van der Waals surface area contributed by atoms with Gasteiger partial charge in [-0.3, -0.25) is 0 Å². The molecule has 0 aromatic heterocycles. The first-order valence-corrected chi connectivity index (χ1v) is 8.43. The Kier molecular flexibility index (Phi) is 6.16. The van der Waals surface area contributed by atoms with Gasteiger partial charge in [-0.05, 0) is 34.4 Å². The third-order valence-electron chi connectivity index (χ3n) is 4.24. The van der Waals surface area contributed by atoms with Crippen molar-refractivity contribution in [1.82, 2.24) is 0 Å². The minimum absolute atomic E-state index is 0.0336. The summed E-state index contributed by atoms with van der Waals surface area (Å²) in [7, 11) is 1.03. The van der Waals surface area contributed by atoms with Gasteiger partial charge in [0.05, 0.1) is 7.11 Å². The Morgan fingerprint density at radius 3 is 1.66 bits per heavy atom. The second-order valence-corrected chi connectivity index (χ2v) is 5.97. The third kappa shape index (κ3) is 4.39. The zero-order valence-electron chi connectivity index (χ0n) is 15.2. The number of rotatable bonds is 6. The molecule has 0 aliphatic rings. The second kappa shape index (κ2) is 8.77. The van der Waals surface area contributed by atoms with Crippen LogP contribution in [0.5, 0.6) is 5.75 Å². The van der Waals surface area contributed by atoms with Crippen LogP contribution in [0.2, 0.25) is 0 Å². The Morgan fingerprint density at radius 2 is 1.21 bits per heavy atom. The predicted octanol–water partition coefficient (Wildman–Crippen LogP) is 6.82. The van der Waals surface area contributed by atoms with Crippen LogP contribution < -0.4 is 4.74 Å². The minimum Gasteiger partial charge on any atom is -0.472 e. The maximum Gasteiger partial charge on any atom is 0.309 e. The summed E-state index contributed by atoms with van der Waals surface area (Å²) in [6.07, 6.45) is 0. The van der Waals surface area contributed by atoms with E-state index in [2.05, 4.69) is 9.47 Å². The van der Waals surface area contributed by atoms with Gasteiger partial charge in [0.1, 0.15) is 0 Å². The van der Waals surface area contributed by atoms with E-state index in [0.717, 1.165) is 30.4 Å². The van der Waals surface area contributed by atoms with Gasteiger partial charge >= 0.3 is 6.01 Å². The molecular weight excluding hydrogens is 391 g/mol. The SMILES string of the molecule is COC(F)=C(F)c1ccc(-c2ccc(-c3cc(F)c(OCF)c(F)c3)cc2)cc1. The fourth-order valence-electron chi connectivity index (χ4n) is 2.79. The molecule has 7 heteroatoms. The summed E-state index contributed by atoms with van der Waals surface area (Å²) < 4.78 is 75.5. The lowest BCUT2D eigenvalue weighted by atomic mass is 9.99. The van der Waals surface area contributed by atoms with Crippen LogP contribution in [0.15, 0.2) is 66.7 Å². The van der Waals surface area contributed by atoms with Crippen LogP contribution in [0.25, 0.3) is 28.1 Å². The molecule has 0 saturated heterocycles. The van der Waals surface area contributed by atoms with Gasteiger partial charge in [-0.15, -0.1) is 0 Å². The van der Waals surface area contributed by atoms with E-state index in [1.165, 1.54) is 12.1 Å². The van der Waals surface area contributed by atoms with Gasteiger partial charge in [0.25, 0.3) is 0 Å². The molecule has 0 atom stereocenters. The van der Waals surface area contributed by atoms with Crippen molar-refractivity contribution >= 4 is 5.83 Å². The van der Waals surface area contributed by atoms with Gasteiger partial charge in [0, 0.05) is 5.56 Å². The standard InChI is InChI=1S/C22H15F5O2/c1-28-22(27)20(26)16-8-6-14(7-9-16)13-2-4-15(5-3-13)17-10-18(24)21(29-12-23)19(25)11-17/h2-11H,12H2,1H3. The van der Waals surface area contributed by atoms with Crippen LogP contribution in [-0.4, -0.2) is 14.0 Å². The molecule has 0 fully saturated rings. The van der Waals surface area contributed by atoms with Crippen molar-refractivity contribution in [2.45, 2.75) is 0 Å². The first-order chi connectivity index (χ1) is 13.9. The average molecular weight is 406 g/mol. The first kappa shape index (κ1) is 20.4. The van der Waals surface area contributed by atoms with Crippen LogP contribution in [0.4, 0.5) is 22.0 Å². The highest BCUT2D eigenvalue weighted by atomic mass is 19.2. The lowest BCUT2D eigenvalue weighted by Crippen LogP contribution is -1.97. The number of methoxy groups -OCH3 is 1. The molecule has 0 unspecified atom stereocenters. The molecular formula is C22H15F5O2.